The lowest BCUT2D eigenvalue weighted by Gasteiger charge is -2.09. The van der Waals surface area contributed by atoms with Gasteiger partial charge >= 0.3 is 0 Å². The van der Waals surface area contributed by atoms with E-state index in [0.717, 1.165) is 21.8 Å². The number of amides is 2. The Labute approximate surface area is 160 Å². The summed E-state index contributed by atoms with van der Waals surface area (Å²) in [5.41, 5.74) is 3.32. The highest BCUT2D eigenvalue weighted by Gasteiger charge is 2.11. The summed E-state index contributed by atoms with van der Waals surface area (Å²) >= 11 is 1.42. The number of nitrogens with one attached hydrogen (secondary N) is 3. The fourth-order valence-corrected chi connectivity index (χ4v) is 3.54. The van der Waals surface area contributed by atoms with Gasteiger partial charge in [-0.15, -0.1) is 0 Å². The first-order valence-electron chi connectivity index (χ1n) is 8.27. The molecular weight excluding hydrogens is 362 g/mol. The van der Waals surface area contributed by atoms with Crippen molar-refractivity contribution in [2.75, 3.05) is 16.0 Å². The second-order valence-corrected chi connectivity index (χ2v) is 6.93. The third-order valence-electron chi connectivity index (χ3n) is 3.56. The van der Waals surface area contributed by atoms with Gasteiger partial charge in [0.2, 0.25) is 11.8 Å². The smallest absolute Gasteiger partial charge is 0.223 e. The van der Waals surface area contributed by atoms with Crippen LogP contribution in [0, 0.1) is 6.92 Å². The molecule has 2 amide bonds. The Morgan fingerprint density at radius 3 is 2.48 bits per heavy atom. The number of aryl methyl sites for hydroxylation is 1. The standard InChI is InChI=1S/C19H19N5O2S/c1-11-18(27-19(21-11)23-13(3)26)14-7-8-20-17(9-14)24-16-6-4-5-15(10-16)22-12(2)25/h4-10H,1-3H3,(H,20,24)(H,22,25)(H,21,23,26). The first-order chi connectivity index (χ1) is 12.9. The Balaban J connectivity index is 1.83. The van der Waals surface area contributed by atoms with Crippen molar-refractivity contribution in [2.45, 2.75) is 20.8 Å². The van der Waals surface area contributed by atoms with Gasteiger partial charge in [-0.05, 0) is 42.8 Å². The second kappa shape index (κ2) is 7.96. The number of rotatable bonds is 5. The molecule has 0 radical (unpaired) electrons. The van der Waals surface area contributed by atoms with Gasteiger partial charge in [0.15, 0.2) is 5.13 Å². The minimum Gasteiger partial charge on any atom is -0.340 e. The highest BCUT2D eigenvalue weighted by atomic mass is 32.1. The molecular formula is C19H19N5O2S. The zero-order valence-corrected chi connectivity index (χ0v) is 16.0. The van der Waals surface area contributed by atoms with Crippen molar-refractivity contribution in [3.63, 3.8) is 0 Å². The normalized spacial score (nSPS) is 10.3. The highest BCUT2D eigenvalue weighted by Crippen LogP contribution is 2.33. The summed E-state index contributed by atoms with van der Waals surface area (Å²) in [6.07, 6.45) is 1.71. The fraction of sp³-hybridized carbons (Fsp3) is 0.158. The molecule has 2 heterocycles. The van der Waals surface area contributed by atoms with Gasteiger partial charge in [-0.1, -0.05) is 17.4 Å². The van der Waals surface area contributed by atoms with Crippen LogP contribution in [0.2, 0.25) is 0 Å². The number of anilines is 4. The molecule has 0 fully saturated rings. The quantitative estimate of drug-likeness (QED) is 0.616. The molecule has 0 spiro atoms. The Morgan fingerprint density at radius 2 is 1.74 bits per heavy atom. The summed E-state index contributed by atoms with van der Waals surface area (Å²) in [7, 11) is 0. The molecule has 138 valence electrons. The van der Waals surface area contributed by atoms with Gasteiger partial charge in [-0.3, -0.25) is 9.59 Å². The van der Waals surface area contributed by atoms with Crippen molar-refractivity contribution in [3.8, 4) is 10.4 Å². The number of nitrogens with zero attached hydrogens (tertiary/aromatic N) is 2. The zero-order valence-electron chi connectivity index (χ0n) is 15.2. The molecule has 0 aliphatic carbocycles. The van der Waals surface area contributed by atoms with Crippen LogP contribution in [0.5, 0.6) is 0 Å². The third-order valence-corrected chi connectivity index (χ3v) is 4.68. The first kappa shape index (κ1) is 18.5. The predicted molar refractivity (Wildman–Crippen MR) is 108 cm³/mol. The van der Waals surface area contributed by atoms with Crippen molar-refractivity contribution in [3.05, 3.63) is 48.3 Å². The molecule has 7 nitrogen and oxygen atoms in total. The monoisotopic (exact) mass is 381 g/mol. The molecule has 0 saturated carbocycles. The van der Waals surface area contributed by atoms with Crippen LogP contribution in [0.1, 0.15) is 19.5 Å². The molecule has 1 aromatic carbocycles. The molecule has 3 N–H and O–H groups in total. The van der Waals surface area contributed by atoms with Crippen LogP contribution >= 0.6 is 11.3 Å². The predicted octanol–water partition coefficient (Wildman–Crippen LogP) is 4.17. The molecule has 2 aromatic heterocycles. The lowest BCUT2D eigenvalue weighted by molar-refractivity contribution is -0.115. The van der Waals surface area contributed by atoms with Gasteiger partial charge in [0.05, 0.1) is 10.6 Å². The van der Waals surface area contributed by atoms with E-state index in [9.17, 15) is 9.59 Å². The van der Waals surface area contributed by atoms with Gasteiger partial charge in [0, 0.05) is 31.4 Å². The first-order valence-corrected chi connectivity index (χ1v) is 9.08. The SMILES string of the molecule is CC(=O)Nc1cccc(Nc2cc(-c3sc(NC(C)=O)nc3C)ccn2)c1. The van der Waals surface area contributed by atoms with Crippen molar-refractivity contribution in [2.24, 2.45) is 0 Å². The van der Waals surface area contributed by atoms with Gasteiger partial charge in [0.25, 0.3) is 0 Å². The molecule has 3 rings (SSSR count). The maximum atomic E-state index is 11.2. The zero-order chi connectivity index (χ0) is 19.4. The summed E-state index contributed by atoms with van der Waals surface area (Å²) in [5, 5.41) is 9.28. The van der Waals surface area contributed by atoms with E-state index < -0.39 is 0 Å². The van der Waals surface area contributed by atoms with Crippen LogP contribution in [0.3, 0.4) is 0 Å². The minimum absolute atomic E-state index is 0.122. The summed E-state index contributed by atoms with van der Waals surface area (Å²) in [4.78, 5) is 32.1. The van der Waals surface area contributed by atoms with Crippen molar-refractivity contribution < 1.29 is 9.59 Å². The topological polar surface area (TPSA) is 96.0 Å². The molecule has 3 aromatic rings. The van der Waals surface area contributed by atoms with E-state index in [2.05, 4.69) is 25.9 Å². The average molecular weight is 381 g/mol. The fourth-order valence-electron chi connectivity index (χ4n) is 2.53. The van der Waals surface area contributed by atoms with Crippen molar-refractivity contribution >= 4 is 45.5 Å². The van der Waals surface area contributed by atoms with E-state index in [4.69, 9.17) is 0 Å². The van der Waals surface area contributed by atoms with Crippen LogP contribution in [-0.4, -0.2) is 21.8 Å². The van der Waals surface area contributed by atoms with E-state index in [1.807, 2.05) is 43.3 Å². The van der Waals surface area contributed by atoms with E-state index >= 15 is 0 Å². The summed E-state index contributed by atoms with van der Waals surface area (Å²) in [6, 6.07) is 11.2. The number of aromatic nitrogens is 2. The number of hydrogen-bond donors (Lipinski definition) is 3. The Morgan fingerprint density at radius 1 is 1.00 bits per heavy atom. The number of carbonyl (C=O) groups is 2. The maximum absolute atomic E-state index is 11.2. The second-order valence-electron chi connectivity index (χ2n) is 5.93. The lowest BCUT2D eigenvalue weighted by Crippen LogP contribution is -2.05. The molecule has 27 heavy (non-hydrogen) atoms. The molecule has 8 heteroatoms. The summed E-state index contributed by atoms with van der Waals surface area (Å²) < 4.78 is 0. The Kier molecular flexibility index (Phi) is 5.46. The molecule has 0 unspecified atom stereocenters. The van der Waals surface area contributed by atoms with Crippen molar-refractivity contribution in [1.82, 2.24) is 9.97 Å². The van der Waals surface area contributed by atoms with E-state index in [-0.39, 0.29) is 11.8 Å². The molecule has 0 bridgehead atoms. The van der Waals surface area contributed by atoms with Gasteiger partial charge in [0.1, 0.15) is 5.82 Å². The van der Waals surface area contributed by atoms with Gasteiger partial charge in [-0.2, -0.15) is 0 Å². The van der Waals surface area contributed by atoms with E-state index in [1.54, 1.807) is 6.20 Å². The van der Waals surface area contributed by atoms with Gasteiger partial charge < -0.3 is 16.0 Å². The summed E-state index contributed by atoms with van der Waals surface area (Å²) in [6.45, 7) is 4.83. The van der Waals surface area contributed by atoms with Crippen LogP contribution < -0.4 is 16.0 Å². The third kappa shape index (κ3) is 4.89. The maximum Gasteiger partial charge on any atom is 0.223 e. The Hall–Kier alpha value is -3.26. The summed E-state index contributed by atoms with van der Waals surface area (Å²) in [5.74, 6) is 0.399. The molecule has 0 aliphatic rings. The number of pyridine rings is 1. The molecule has 0 atom stereocenters. The van der Waals surface area contributed by atoms with Crippen LogP contribution in [-0.2, 0) is 9.59 Å². The van der Waals surface area contributed by atoms with Crippen LogP contribution in [0.25, 0.3) is 10.4 Å². The largest absolute Gasteiger partial charge is 0.340 e. The molecule has 0 aliphatic heterocycles. The van der Waals surface area contributed by atoms with Crippen LogP contribution in [0.4, 0.5) is 22.3 Å². The average Bonchev–Trinajstić information content (AvgIpc) is 2.94. The lowest BCUT2D eigenvalue weighted by atomic mass is 10.2. The number of benzene rings is 1. The van der Waals surface area contributed by atoms with Crippen molar-refractivity contribution in [1.29, 1.82) is 0 Å². The van der Waals surface area contributed by atoms with E-state index in [1.165, 1.54) is 25.2 Å². The van der Waals surface area contributed by atoms with Gasteiger partial charge in [-0.25, -0.2) is 9.97 Å². The highest BCUT2D eigenvalue weighted by molar-refractivity contribution is 7.19. The number of thiazole rings is 1. The van der Waals surface area contributed by atoms with Crippen LogP contribution in [0.15, 0.2) is 42.6 Å². The number of carbonyl (C=O) groups excluding carboxylic acids is 2. The molecule has 0 saturated heterocycles. The Bertz CT molecular complexity index is 999. The minimum atomic E-state index is -0.147. The number of hydrogen-bond acceptors (Lipinski definition) is 6. The van der Waals surface area contributed by atoms with E-state index in [0.29, 0.717) is 16.6 Å².